The molecule has 0 amide bonds. The van der Waals surface area contributed by atoms with E-state index in [0.717, 1.165) is 19.3 Å². The predicted molar refractivity (Wildman–Crippen MR) is 73.7 cm³/mol. The van der Waals surface area contributed by atoms with Gasteiger partial charge in [-0.05, 0) is 37.4 Å². The van der Waals surface area contributed by atoms with E-state index in [0.29, 0.717) is 6.42 Å². The van der Waals surface area contributed by atoms with Gasteiger partial charge in [-0.1, -0.05) is 37.6 Å². The molecule has 1 aromatic carbocycles. The summed E-state index contributed by atoms with van der Waals surface area (Å²) in [5.74, 6) is -0.719. The Morgan fingerprint density at radius 3 is 2.50 bits per heavy atom. The summed E-state index contributed by atoms with van der Waals surface area (Å²) in [7, 11) is 1.92. The van der Waals surface area contributed by atoms with E-state index in [-0.39, 0.29) is 12.5 Å². The van der Waals surface area contributed by atoms with Gasteiger partial charge >= 0.3 is 5.97 Å². The van der Waals surface area contributed by atoms with E-state index in [1.54, 1.807) is 0 Å². The summed E-state index contributed by atoms with van der Waals surface area (Å²) in [5.41, 5.74) is 2.60. The van der Waals surface area contributed by atoms with Crippen molar-refractivity contribution in [3.05, 3.63) is 35.4 Å². The third-order valence-corrected chi connectivity index (χ3v) is 3.15. The molecule has 100 valence electrons. The van der Waals surface area contributed by atoms with Gasteiger partial charge in [0.05, 0.1) is 0 Å². The molecule has 0 saturated carbocycles. The largest absolute Gasteiger partial charge is 0.481 e. The number of rotatable bonds is 8. The molecule has 0 aliphatic carbocycles. The van der Waals surface area contributed by atoms with Crippen molar-refractivity contribution in [2.45, 2.75) is 45.1 Å². The van der Waals surface area contributed by atoms with E-state index in [1.807, 2.05) is 7.05 Å². The van der Waals surface area contributed by atoms with Crippen molar-refractivity contribution in [1.29, 1.82) is 0 Å². The number of aliphatic carboxylic acids is 1. The number of hydrogen-bond acceptors (Lipinski definition) is 2. The SMILES string of the molecule is CCCc1ccc(C(CCCC(=O)O)NC)cc1. The van der Waals surface area contributed by atoms with Gasteiger partial charge in [-0.25, -0.2) is 0 Å². The number of carboxylic acid groups (broad SMARTS) is 1. The summed E-state index contributed by atoms with van der Waals surface area (Å²) in [5, 5.41) is 11.9. The van der Waals surface area contributed by atoms with Crippen LogP contribution in [0.1, 0.15) is 49.8 Å². The standard InChI is InChI=1S/C15H23NO2/c1-3-5-12-8-10-13(11-9-12)14(16-2)6-4-7-15(17)18/h8-11,14,16H,3-7H2,1-2H3,(H,17,18). The Morgan fingerprint density at radius 2 is 2.00 bits per heavy atom. The lowest BCUT2D eigenvalue weighted by atomic mass is 9.99. The molecule has 0 aromatic heterocycles. The number of aryl methyl sites for hydroxylation is 1. The van der Waals surface area contributed by atoms with Gasteiger partial charge in [0.2, 0.25) is 0 Å². The third-order valence-electron chi connectivity index (χ3n) is 3.15. The number of nitrogens with one attached hydrogen (secondary N) is 1. The molecule has 0 aliphatic heterocycles. The number of carboxylic acids is 1. The van der Waals surface area contributed by atoms with E-state index in [2.05, 4.69) is 36.5 Å². The molecule has 0 fully saturated rings. The maximum atomic E-state index is 10.5. The van der Waals surface area contributed by atoms with Crippen LogP contribution in [0, 0.1) is 0 Å². The lowest BCUT2D eigenvalue weighted by Gasteiger charge is -2.16. The molecule has 0 aliphatic rings. The Kier molecular flexibility index (Phi) is 6.44. The first kappa shape index (κ1) is 14.7. The quantitative estimate of drug-likeness (QED) is 0.744. The van der Waals surface area contributed by atoms with Gasteiger partial charge in [0.15, 0.2) is 0 Å². The van der Waals surface area contributed by atoms with E-state index in [1.165, 1.54) is 11.1 Å². The molecule has 0 spiro atoms. The summed E-state index contributed by atoms with van der Waals surface area (Å²) in [6, 6.07) is 8.88. The van der Waals surface area contributed by atoms with Crippen LogP contribution in [-0.4, -0.2) is 18.1 Å². The Hall–Kier alpha value is -1.35. The Bertz CT molecular complexity index is 359. The third kappa shape index (κ3) is 4.88. The van der Waals surface area contributed by atoms with Gasteiger partial charge in [0.1, 0.15) is 0 Å². The first-order valence-corrected chi connectivity index (χ1v) is 6.65. The zero-order chi connectivity index (χ0) is 13.4. The molecule has 0 bridgehead atoms. The van der Waals surface area contributed by atoms with Crippen LogP contribution >= 0.6 is 0 Å². The van der Waals surface area contributed by atoms with Gasteiger partial charge in [0.25, 0.3) is 0 Å². The second-order valence-corrected chi connectivity index (χ2v) is 4.62. The highest BCUT2D eigenvalue weighted by Gasteiger charge is 2.09. The number of benzene rings is 1. The maximum absolute atomic E-state index is 10.5. The Labute approximate surface area is 109 Å². The van der Waals surface area contributed by atoms with Crippen molar-refractivity contribution in [3.63, 3.8) is 0 Å². The van der Waals surface area contributed by atoms with Crippen LogP contribution in [0.15, 0.2) is 24.3 Å². The second-order valence-electron chi connectivity index (χ2n) is 4.62. The maximum Gasteiger partial charge on any atom is 0.303 e. The fourth-order valence-electron chi connectivity index (χ4n) is 2.14. The molecule has 18 heavy (non-hydrogen) atoms. The van der Waals surface area contributed by atoms with Crippen molar-refractivity contribution >= 4 is 5.97 Å². The number of hydrogen-bond donors (Lipinski definition) is 2. The highest BCUT2D eigenvalue weighted by Crippen LogP contribution is 2.20. The average molecular weight is 249 g/mol. The molecule has 1 unspecified atom stereocenters. The monoisotopic (exact) mass is 249 g/mol. The first-order chi connectivity index (χ1) is 8.67. The van der Waals surface area contributed by atoms with Crippen LogP contribution in [0.2, 0.25) is 0 Å². The molecule has 0 heterocycles. The van der Waals surface area contributed by atoms with Gasteiger partial charge in [-0.15, -0.1) is 0 Å². The Balaban J connectivity index is 2.55. The summed E-state index contributed by atoms with van der Waals surface area (Å²) in [6.07, 6.45) is 4.08. The lowest BCUT2D eigenvalue weighted by molar-refractivity contribution is -0.137. The van der Waals surface area contributed by atoms with Crippen LogP contribution in [0.5, 0.6) is 0 Å². The smallest absolute Gasteiger partial charge is 0.303 e. The summed E-state index contributed by atoms with van der Waals surface area (Å²) < 4.78 is 0. The van der Waals surface area contributed by atoms with Crippen molar-refractivity contribution in [2.24, 2.45) is 0 Å². The molecule has 2 N–H and O–H groups in total. The zero-order valence-electron chi connectivity index (χ0n) is 11.3. The van der Waals surface area contributed by atoms with Crippen LogP contribution in [0.4, 0.5) is 0 Å². The molecule has 1 rings (SSSR count). The van der Waals surface area contributed by atoms with Gasteiger partial charge in [-0.3, -0.25) is 4.79 Å². The van der Waals surface area contributed by atoms with Gasteiger partial charge in [-0.2, -0.15) is 0 Å². The lowest BCUT2D eigenvalue weighted by Crippen LogP contribution is -2.16. The zero-order valence-corrected chi connectivity index (χ0v) is 11.3. The molecule has 1 aromatic rings. The van der Waals surface area contributed by atoms with E-state index in [9.17, 15) is 4.79 Å². The molecule has 0 saturated heterocycles. The van der Waals surface area contributed by atoms with Crippen LogP contribution in [0.25, 0.3) is 0 Å². The molecular weight excluding hydrogens is 226 g/mol. The molecular formula is C15H23NO2. The minimum atomic E-state index is -0.719. The van der Waals surface area contributed by atoms with Crippen molar-refractivity contribution < 1.29 is 9.90 Å². The fourth-order valence-corrected chi connectivity index (χ4v) is 2.14. The minimum absolute atomic E-state index is 0.242. The second kappa shape index (κ2) is 7.88. The van der Waals surface area contributed by atoms with Crippen molar-refractivity contribution in [1.82, 2.24) is 5.32 Å². The van der Waals surface area contributed by atoms with E-state index < -0.39 is 5.97 Å². The van der Waals surface area contributed by atoms with Crippen LogP contribution in [0.3, 0.4) is 0 Å². The van der Waals surface area contributed by atoms with Gasteiger partial charge in [0, 0.05) is 12.5 Å². The van der Waals surface area contributed by atoms with Crippen molar-refractivity contribution in [2.75, 3.05) is 7.05 Å². The van der Waals surface area contributed by atoms with Crippen LogP contribution < -0.4 is 5.32 Å². The van der Waals surface area contributed by atoms with E-state index >= 15 is 0 Å². The highest BCUT2D eigenvalue weighted by molar-refractivity contribution is 5.66. The normalized spacial score (nSPS) is 12.3. The van der Waals surface area contributed by atoms with E-state index in [4.69, 9.17) is 5.11 Å². The topological polar surface area (TPSA) is 49.3 Å². The van der Waals surface area contributed by atoms with Crippen LogP contribution in [-0.2, 0) is 11.2 Å². The molecule has 1 atom stereocenters. The molecule has 3 heteroatoms. The fraction of sp³-hybridized carbons (Fsp3) is 0.533. The summed E-state index contributed by atoms with van der Waals surface area (Å²) in [4.78, 5) is 10.5. The molecule has 0 radical (unpaired) electrons. The molecule has 3 nitrogen and oxygen atoms in total. The van der Waals surface area contributed by atoms with Crippen molar-refractivity contribution in [3.8, 4) is 0 Å². The first-order valence-electron chi connectivity index (χ1n) is 6.65. The number of carbonyl (C=O) groups is 1. The average Bonchev–Trinajstić information content (AvgIpc) is 2.36. The summed E-state index contributed by atoms with van der Waals surface area (Å²) in [6.45, 7) is 2.18. The minimum Gasteiger partial charge on any atom is -0.481 e. The summed E-state index contributed by atoms with van der Waals surface area (Å²) >= 11 is 0. The predicted octanol–water partition coefficient (Wildman–Crippen LogP) is 3.15. The Morgan fingerprint density at radius 1 is 1.33 bits per heavy atom. The van der Waals surface area contributed by atoms with Gasteiger partial charge < -0.3 is 10.4 Å². The highest BCUT2D eigenvalue weighted by atomic mass is 16.4.